The third kappa shape index (κ3) is 10.9. The molecule has 6 heteroatoms. The van der Waals surface area contributed by atoms with E-state index in [1.807, 2.05) is 0 Å². The van der Waals surface area contributed by atoms with Gasteiger partial charge < -0.3 is 27.7 Å². The van der Waals surface area contributed by atoms with E-state index in [0.717, 1.165) is 43.2 Å². The number of hydrogen-bond acceptors (Lipinski definition) is 1. The highest BCUT2D eigenvalue weighted by Gasteiger charge is 2.32. The first-order chi connectivity index (χ1) is 54.3. The number of fused-ring (bicyclic) bond motifs is 15. The molecule has 0 amide bonds. The molecule has 5 aromatic heterocycles. The maximum absolute atomic E-state index is 2.51. The number of anilines is 3. The van der Waals surface area contributed by atoms with E-state index < -0.39 is 0 Å². The van der Waals surface area contributed by atoms with Crippen molar-refractivity contribution in [1.82, 2.24) is 22.8 Å². The summed E-state index contributed by atoms with van der Waals surface area (Å²) in [7, 11) is 2.24. The summed E-state index contributed by atoms with van der Waals surface area (Å²) in [5.74, 6) is -0.0791. The first-order valence-electron chi connectivity index (χ1n) is 40.6. The Bertz CT molecular complexity index is 6150. The van der Waals surface area contributed by atoms with Crippen molar-refractivity contribution in [3.63, 3.8) is 0 Å². The van der Waals surface area contributed by atoms with Crippen LogP contribution in [-0.2, 0) is 54.9 Å². The first kappa shape index (κ1) is 70.3. The summed E-state index contributed by atoms with van der Waals surface area (Å²) in [5.41, 5.74) is 28.9. The van der Waals surface area contributed by atoms with Crippen LogP contribution in [0.5, 0.6) is 0 Å². The fourth-order valence-corrected chi connectivity index (χ4v) is 19.6. The standard InChI is InChI=1S/C106H98N6/c1-14-108-94-30-22-18-26-82(94)87-63-75(47-57-98(87)108)103(5,6)71-39-34-68(35-40-71)102(69-36-41-72(42-37-69)104(7,8)76-48-58-99-88(64-76)83-27-19-23-31-95(83)109(99)15-2)70-38-56-92-86(62-70)91-67-81(55-61-93(91)107(92)13)112(79-51-43-73(44-52-79)105(9,10)77-49-59-100-89(65-77)84-28-20-24-32-96(84)110(100)16-3)80-53-45-74(46-54-80)106(11,12)78-50-60-101-90(66-78)85-29-21-25-33-97(85)111(101)17-4/h18-67,102H,14-17H2,1-13H3. The van der Waals surface area contributed by atoms with E-state index in [9.17, 15) is 0 Å². The SMILES string of the molecule is CCn1c2ccccc2c2cc(C(C)(C)c3ccc(C(c4ccc(C(C)(C)c5ccc6c(c5)c5ccccc5n6CC)cc4)c4ccc5c(c4)c4cc(N(c6ccc(C(C)(C)c7ccc8c(c7)c7ccccc7n8CC)cc6)c6ccc(C(C)(C)c7ccc8c(c7)c7ccccc7n8CC)cc6)ccc4n5C)cc3)ccc21. The third-order valence-corrected chi connectivity index (χ3v) is 26.5. The van der Waals surface area contributed by atoms with Crippen LogP contribution in [0.15, 0.2) is 303 Å². The number of para-hydroxylation sites is 4. The van der Waals surface area contributed by atoms with Crippen LogP contribution in [0.3, 0.4) is 0 Å². The normalized spacial score (nSPS) is 12.7. The molecule has 0 aliphatic rings. The number of hydrogen-bond donors (Lipinski definition) is 0. The molecule has 0 N–H and O–H groups in total. The Hall–Kier alpha value is -12.1. The van der Waals surface area contributed by atoms with Crippen LogP contribution in [0.2, 0.25) is 0 Å². The topological polar surface area (TPSA) is 27.9 Å². The smallest absolute Gasteiger partial charge is 0.0491 e. The summed E-state index contributed by atoms with van der Waals surface area (Å²) in [4.78, 5) is 2.48. The second-order valence-corrected chi connectivity index (χ2v) is 33.6. The van der Waals surface area contributed by atoms with E-state index >= 15 is 0 Å². The first-order valence-corrected chi connectivity index (χ1v) is 40.6. The lowest BCUT2D eigenvalue weighted by Gasteiger charge is -2.30. The van der Waals surface area contributed by atoms with Crippen molar-refractivity contribution < 1.29 is 0 Å². The zero-order valence-corrected chi connectivity index (χ0v) is 67.0. The second-order valence-electron chi connectivity index (χ2n) is 33.6. The average Bonchev–Trinajstić information content (AvgIpc) is 1.57. The molecular formula is C106H98N6. The van der Waals surface area contributed by atoms with E-state index in [-0.39, 0.29) is 27.6 Å². The summed E-state index contributed by atoms with van der Waals surface area (Å²) in [6, 6.07) is 117. The maximum atomic E-state index is 2.51. The molecule has 14 aromatic carbocycles. The Balaban J connectivity index is 0.726. The lowest BCUT2D eigenvalue weighted by Crippen LogP contribution is -2.20. The lowest BCUT2D eigenvalue weighted by atomic mass is 9.75. The van der Waals surface area contributed by atoms with Gasteiger partial charge in [-0.1, -0.05) is 231 Å². The van der Waals surface area contributed by atoms with Gasteiger partial charge in [-0.2, -0.15) is 0 Å². The minimum atomic E-state index is -0.287. The van der Waals surface area contributed by atoms with E-state index in [1.165, 1.54) is 170 Å². The van der Waals surface area contributed by atoms with Gasteiger partial charge in [0.25, 0.3) is 0 Å². The van der Waals surface area contributed by atoms with Crippen molar-refractivity contribution in [3.8, 4) is 0 Å². The Morgan fingerprint density at radius 1 is 0.223 bits per heavy atom. The summed E-state index contributed by atoms with van der Waals surface area (Å²) in [6.45, 7) is 31.8. The molecule has 19 rings (SSSR count). The Morgan fingerprint density at radius 3 is 0.768 bits per heavy atom. The molecule has 0 saturated carbocycles. The largest absolute Gasteiger partial charge is 0.344 e. The minimum absolute atomic E-state index is 0.0791. The van der Waals surface area contributed by atoms with Gasteiger partial charge in [0.1, 0.15) is 0 Å². The van der Waals surface area contributed by atoms with Gasteiger partial charge in [-0.25, -0.2) is 0 Å². The van der Waals surface area contributed by atoms with Gasteiger partial charge in [-0.15, -0.1) is 0 Å². The van der Waals surface area contributed by atoms with Crippen LogP contribution in [-0.4, -0.2) is 22.8 Å². The Labute approximate surface area is 658 Å². The van der Waals surface area contributed by atoms with Gasteiger partial charge in [0.2, 0.25) is 0 Å². The maximum Gasteiger partial charge on any atom is 0.0491 e. The Kier molecular flexibility index (Phi) is 16.7. The van der Waals surface area contributed by atoms with Crippen LogP contribution in [0.25, 0.3) is 109 Å². The molecule has 0 aliphatic carbocycles. The van der Waals surface area contributed by atoms with Crippen LogP contribution >= 0.6 is 0 Å². The molecule has 0 atom stereocenters. The molecule has 112 heavy (non-hydrogen) atoms. The molecule has 0 fully saturated rings. The van der Waals surface area contributed by atoms with Crippen molar-refractivity contribution in [2.24, 2.45) is 7.05 Å². The molecule has 19 aromatic rings. The molecule has 0 bridgehead atoms. The molecule has 0 spiro atoms. The number of nitrogens with zero attached hydrogens (tertiary/aromatic N) is 6. The van der Waals surface area contributed by atoms with Crippen LogP contribution in [0, 0.1) is 0 Å². The third-order valence-electron chi connectivity index (χ3n) is 26.5. The minimum Gasteiger partial charge on any atom is -0.344 e. The van der Waals surface area contributed by atoms with Gasteiger partial charge in [-0.3, -0.25) is 0 Å². The molecule has 5 heterocycles. The molecule has 0 unspecified atom stereocenters. The summed E-state index contributed by atoms with van der Waals surface area (Å²) >= 11 is 0. The molecular weight excluding hydrogens is 1360 g/mol. The lowest BCUT2D eigenvalue weighted by molar-refractivity contribution is 0.640. The summed E-state index contributed by atoms with van der Waals surface area (Å²) in [5, 5.41) is 12.9. The second kappa shape index (κ2) is 26.6. The monoisotopic (exact) mass is 1450 g/mol. The number of benzene rings is 14. The number of rotatable bonds is 18. The Morgan fingerprint density at radius 2 is 0.455 bits per heavy atom. The molecule has 0 saturated heterocycles. The zero-order chi connectivity index (χ0) is 76.9. The van der Waals surface area contributed by atoms with E-state index in [1.54, 1.807) is 0 Å². The predicted molar refractivity (Wildman–Crippen MR) is 478 cm³/mol. The summed E-state index contributed by atoms with van der Waals surface area (Å²) < 4.78 is 12.2. The molecule has 0 aliphatic heterocycles. The van der Waals surface area contributed by atoms with Crippen LogP contribution in [0.4, 0.5) is 17.1 Å². The van der Waals surface area contributed by atoms with E-state index in [2.05, 4.69) is 421 Å². The highest BCUT2D eigenvalue weighted by atomic mass is 15.1. The van der Waals surface area contributed by atoms with Crippen molar-refractivity contribution in [3.05, 3.63) is 365 Å². The van der Waals surface area contributed by atoms with Gasteiger partial charge >= 0.3 is 0 Å². The van der Waals surface area contributed by atoms with Gasteiger partial charge in [0, 0.05) is 187 Å². The predicted octanol–water partition coefficient (Wildman–Crippen LogP) is 27.8. The van der Waals surface area contributed by atoms with E-state index in [4.69, 9.17) is 0 Å². The molecule has 0 radical (unpaired) electrons. The van der Waals surface area contributed by atoms with Crippen molar-refractivity contribution in [1.29, 1.82) is 0 Å². The van der Waals surface area contributed by atoms with Gasteiger partial charge in [0.05, 0.1) is 0 Å². The fraction of sp³-hybridized carbons (Fsp3) is 0.208. The summed E-state index contributed by atoms with van der Waals surface area (Å²) in [6.07, 6.45) is 0. The van der Waals surface area contributed by atoms with Crippen LogP contribution < -0.4 is 4.90 Å². The zero-order valence-electron chi connectivity index (χ0n) is 67.0. The molecule has 552 valence electrons. The van der Waals surface area contributed by atoms with E-state index in [0.29, 0.717) is 0 Å². The number of aryl methyl sites for hydroxylation is 5. The number of aromatic nitrogens is 5. The van der Waals surface area contributed by atoms with Gasteiger partial charge in [-0.05, 0) is 216 Å². The van der Waals surface area contributed by atoms with Crippen LogP contribution in [0.1, 0.15) is 150 Å². The van der Waals surface area contributed by atoms with Crippen molar-refractivity contribution >= 4 is 126 Å². The fourth-order valence-electron chi connectivity index (χ4n) is 19.6. The van der Waals surface area contributed by atoms with Crippen molar-refractivity contribution in [2.75, 3.05) is 4.90 Å². The average molecular weight is 1460 g/mol. The molecule has 6 nitrogen and oxygen atoms in total. The van der Waals surface area contributed by atoms with Crippen molar-refractivity contribution in [2.45, 2.75) is 137 Å². The highest BCUT2D eigenvalue weighted by Crippen LogP contribution is 2.47. The quantitative estimate of drug-likeness (QED) is 0.0787. The highest BCUT2D eigenvalue weighted by molar-refractivity contribution is 6.13. The van der Waals surface area contributed by atoms with Gasteiger partial charge in [0.15, 0.2) is 0 Å².